The van der Waals surface area contributed by atoms with E-state index in [9.17, 15) is 14.7 Å². The molecule has 0 saturated carbocycles. The Bertz CT molecular complexity index is 1230. The second-order valence-electron chi connectivity index (χ2n) is 11.1. The van der Waals surface area contributed by atoms with E-state index in [1.165, 1.54) is 0 Å². The molecule has 2 aliphatic heterocycles. The topological polar surface area (TPSA) is 103 Å². The Kier molecular flexibility index (Phi) is 5.57. The van der Waals surface area contributed by atoms with Crippen LogP contribution in [0.3, 0.4) is 0 Å². The van der Waals surface area contributed by atoms with Crippen molar-refractivity contribution in [3.05, 3.63) is 52.9 Å². The van der Waals surface area contributed by atoms with Crippen LogP contribution in [0.15, 0.2) is 30.5 Å². The maximum atomic E-state index is 12.6. The van der Waals surface area contributed by atoms with Crippen molar-refractivity contribution >= 4 is 28.8 Å². The van der Waals surface area contributed by atoms with Gasteiger partial charge in [-0.1, -0.05) is 19.9 Å². The van der Waals surface area contributed by atoms with Crippen molar-refractivity contribution in [3.8, 4) is 0 Å². The first kappa shape index (κ1) is 24.2. The highest BCUT2D eigenvalue weighted by molar-refractivity contribution is 6.08. The van der Waals surface area contributed by atoms with Crippen LogP contribution in [-0.4, -0.2) is 39.7 Å². The van der Waals surface area contributed by atoms with Crippen molar-refractivity contribution in [2.75, 3.05) is 0 Å². The minimum atomic E-state index is -0.996. The van der Waals surface area contributed by atoms with Crippen LogP contribution < -0.4 is 10.6 Å². The van der Waals surface area contributed by atoms with E-state index in [-0.39, 0.29) is 23.6 Å². The number of benzene rings is 1. The number of hydrogen-bond donors (Lipinski definition) is 4. The number of piperazine rings is 1. The van der Waals surface area contributed by atoms with Crippen molar-refractivity contribution < 1.29 is 19.4 Å². The minimum absolute atomic E-state index is 0.209. The largest absolute Gasteiger partial charge is 0.388 e. The second-order valence-corrected chi connectivity index (χ2v) is 11.1. The second kappa shape index (κ2) is 7.82. The van der Waals surface area contributed by atoms with E-state index in [1.807, 2.05) is 33.8 Å². The van der Waals surface area contributed by atoms with Gasteiger partial charge in [0.2, 0.25) is 5.91 Å². The van der Waals surface area contributed by atoms with E-state index in [1.54, 1.807) is 26.8 Å². The Labute approximate surface area is 200 Å². The standard InChI is InChI=1S/C27H35N3O4/c1-9-25(3,4)22-17(12-20-24(32)28-14(2)23(31)30-20)16-10-15-11-21(26(5,6)33)34-27(7,8)18(15)13-19(16)29-22/h9-10,12-14,21,29,33H,1,11H2,2-8H3,(H,28,32)(H,30,31). The summed E-state index contributed by atoms with van der Waals surface area (Å²) in [5.74, 6) is -0.571. The summed E-state index contributed by atoms with van der Waals surface area (Å²) in [5, 5.41) is 17.0. The number of H-pyrrole nitrogens is 1. The zero-order valence-electron chi connectivity index (χ0n) is 21.1. The number of aromatic nitrogens is 1. The van der Waals surface area contributed by atoms with E-state index >= 15 is 0 Å². The smallest absolute Gasteiger partial charge is 0.268 e. The molecule has 0 bridgehead atoms. The number of carbonyl (C=O) groups excluding carboxylic acids is 2. The van der Waals surface area contributed by atoms with Crippen LogP contribution >= 0.6 is 0 Å². The van der Waals surface area contributed by atoms with Gasteiger partial charge in [0, 0.05) is 34.0 Å². The molecular weight excluding hydrogens is 430 g/mol. The molecule has 0 spiro atoms. The summed E-state index contributed by atoms with van der Waals surface area (Å²) in [6, 6.07) is 3.63. The van der Waals surface area contributed by atoms with Gasteiger partial charge in [-0.15, -0.1) is 6.58 Å². The number of hydrogen-bond acceptors (Lipinski definition) is 4. The minimum Gasteiger partial charge on any atom is -0.388 e. The molecular formula is C27H35N3O4. The van der Waals surface area contributed by atoms with Gasteiger partial charge in [-0.25, -0.2) is 0 Å². The fourth-order valence-electron chi connectivity index (χ4n) is 4.74. The first-order valence-electron chi connectivity index (χ1n) is 11.7. The lowest BCUT2D eigenvalue weighted by atomic mass is 9.81. The Morgan fingerprint density at radius 1 is 1.21 bits per heavy atom. The van der Waals surface area contributed by atoms with Crippen LogP contribution in [0, 0.1) is 0 Å². The van der Waals surface area contributed by atoms with Crippen LogP contribution in [0.5, 0.6) is 0 Å². The SMILES string of the molecule is C=CC(C)(C)c1[nH]c2cc3c(cc2c1C=C1NC(=O)C(C)NC1=O)CC(C(C)(C)O)OC3(C)C. The number of ether oxygens (including phenoxy) is 1. The van der Waals surface area contributed by atoms with Gasteiger partial charge in [-0.3, -0.25) is 9.59 Å². The molecule has 4 rings (SSSR count). The molecule has 2 aliphatic rings. The molecule has 0 aliphatic carbocycles. The quantitative estimate of drug-likeness (QED) is 0.409. The number of carbonyl (C=O) groups is 2. The van der Waals surface area contributed by atoms with Crippen molar-refractivity contribution in [3.63, 3.8) is 0 Å². The lowest BCUT2D eigenvalue weighted by molar-refractivity contribution is -0.163. The Balaban J connectivity index is 1.95. The van der Waals surface area contributed by atoms with Gasteiger partial charge in [0.15, 0.2) is 0 Å². The van der Waals surface area contributed by atoms with Crippen molar-refractivity contribution in [2.45, 2.75) is 83.6 Å². The first-order chi connectivity index (χ1) is 15.6. The lowest BCUT2D eigenvalue weighted by Gasteiger charge is -2.42. The fraction of sp³-hybridized carbons (Fsp3) is 0.481. The molecule has 1 aromatic carbocycles. The molecule has 7 heteroatoms. The third kappa shape index (κ3) is 4.07. The Morgan fingerprint density at radius 2 is 1.88 bits per heavy atom. The molecule has 4 N–H and O–H groups in total. The Morgan fingerprint density at radius 3 is 2.50 bits per heavy atom. The summed E-state index contributed by atoms with van der Waals surface area (Å²) in [6.45, 7) is 17.3. The van der Waals surface area contributed by atoms with Gasteiger partial charge < -0.3 is 25.5 Å². The molecule has 34 heavy (non-hydrogen) atoms. The third-order valence-corrected chi connectivity index (χ3v) is 7.03. The molecule has 1 aromatic heterocycles. The average Bonchev–Trinajstić information content (AvgIpc) is 3.08. The molecule has 2 unspecified atom stereocenters. The van der Waals surface area contributed by atoms with Gasteiger partial charge in [0.1, 0.15) is 11.7 Å². The Hall–Kier alpha value is -2.90. The number of aromatic amines is 1. The van der Waals surface area contributed by atoms with Gasteiger partial charge >= 0.3 is 0 Å². The molecule has 2 atom stereocenters. The van der Waals surface area contributed by atoms with E-state index in [0.717, 1.165) is 33.3 Å². The molecule has 2 amide bonds. The molecule has 1 saturated heterocycles. The number of rotatable bonds is 4. The summed E-state index contributed by atoms with van der Waals surface area (Å²) in [5.41, 5.74) is 2.98. The van der Waals surface area contributed by atoms with Gasteiger partial charge in [-0.05, 0) is 64.0 Å². The first-order valence-corrected chi connectivity index (χ1v) is 11.7. The number of amides is 2. The van der Waals surface area contributed by atoms with Crippen LogP contribution in [0.4, 0.5) is 0 Å². The zero-order valence-corrected chi connectivity index (χ0v) is 21.1. The zero-order chi connectivity index (χ0) is 25.2. The predicted octanol–water partition coefficient (Wildman–Crippen LogP) is 3.55. The molecule has 3 heterocycles. The van der Waals surface area contributed by atoms with Crippen LogP contribution in [0.1, 0.15) is 70.9 Å². The van der Waals surface area contributed by atoms with E-state index in [2.05, 4.69) is 34.3 Å². The maximum absolute atomic E-state index is 12.6. The highest BCUT2D eigenvalue weighted by atomic mass is 16.5. The van der Waals surface area contributed by atoms with E-state index in [0.29, 0.717) is 6.42 Å². The van der Waals surface area contributed by atoms with Crippen molar-refractivity contribution in [2.24, 2.45) is 0 Å². The van der Waals surface area contributed by atoms with Gasteiger partial charge in [0.05, 0.1) is 17.3 Å². The van der Waals surface area contributed by atoms with Crippen molar-refractivity contribution in [1.29, 1.82) is 0 Å². The molecule has 1 fully saturated rings. The average molecular weight is 466 g/mol. The summed E-state index contributed by atoms with van der Waals surface area (Å²) in [7, 11) is 0. The number of nitrogens with one attached hydrogen (secondary N) is 3. The summed E-state index contributed by atoms with van der Waals surface area (Å²) >= 11 is 0. The molecule has 0 radical (unpaired) electrons. The summed E-state index contributed by atoms with van der Waals surface area (Å²) < 4.78 is 6.30. The van der Waals surface area contributed by atoms with Gasteiger partial charge in [0.25, 0.3) is 5.91 Å². The molecule has 2 aromatic rings. The normalized spacial score (nSPS) is 24.1. The number of allylic oxidation sites excluding steroid dienone is 1. The maximum Gasteiger partial charge on any atom is 0.268 e. The third-order valence-electron chi connectivity index (χ3n) is 7.03. The fourth-order valence-corrected chi connectivity index (χ4v) is 4.74. The highest BCUT2D eigenvalue weighted by Crippen LogP contribution is 2.42. The summed E-state index contributed by atoms with van der Waals surface area (Å²) in [4.78, 5) is 28.4. The van der Waals surface area contributed by atoms with E-state index in [4.69, 9.17) is 4.74 Å². The molecule has 182 valence electrons. The number of fused-ring (bicyclic) bond motifs is 2. The highest BCUT2D eigenvalue weighted by Gasteiger charge is 2.40. The predicted molar refractivity (Wildman–Crippen MR) is 133 cm³/mol. The number of aliphatic hydroxyl groups is 1. The molecule has 7 nitrogen and oxygen atoms in total. The van der Waals surface area contributed by atoms with Crippen molar-refractivity contribution in [1.82, 2.24) is 15.6 Å². The monoisotopic (exact) mass is 465 g/mol. The lowest BCUT2D eigenvalue weighted by Crippen LogP contribution is -2.53. The van der Waals surface area contributed by atoms with Crippen LogP contribution in [0.25, 0.3) is 17.0 Å². The van der Waals surface area contributed by atoms with Crippen LogP contribution in [-0.2, 0) is 31.8 Å². The van der Waals surface area contributed by atoms with Crippen LogP contribution in [0.2, 0.25) is 0 Å². The summed E-state index contributed by atoms with van der Waals surface area (Å²) in [6.07, 6.45) is 3.80. The van der Waals surface area contributed by atoms with Gasteiger partial charge in [-0.2, -0.15) is 0 Å². The van der Waals surface area contributed by atoms with E-state index < -0.39 is 22.7 Å².